The molecular weight excluding hydrogens is 374 g/mol. The highest BCUT2D eigenvalue weighted by atomic mass is 32.1. The molecule has 0 aliphatic heterocycles. The summed E-state index contributed by atoms with van der Waals surface area (Å²) in [5.41, 5.74) is 5.35. The number of nitrogens with one attached hydrogen (secondary N) is 2. The van der Waals surface area contributed by atoms with Gasteiger partial charge in [-0.3, -0.25) is 4.79 Å². The first-order chi connectivity index (χ1) is 13.4. The van der Waals surface area contributed by atoms with E-state index in [1.54, 1.807) is 6.92 Å². The minimum atomic E-state index is -0.369. The number of thiazole rings is 1. The first kappa shape index (κ1) is 19.8. The molecule has 0 aliphatic rings. The molecule has 0 atom stereocenters. The van der Waals surface area contributed by atoms with E-state index in [1.165, 1.54) is 11.3 Å². The van der Waals surface area contributed by atoms with Crippen molar-refractivity contribution in [1.29, 1.82) is 0 Å². The van der Waals surface area contributed by atoms with E-state index in [2.05, 4.69) is 15.3 Å². The third-order valence-corrected chi connectivity index (χ3v) is 5.12. The van der Waals surface area contributed by atoms with Crippen LogP contribution in [0.5, 0.6) is 0 Å². The van der Waals surface area contributed by atoms with Crippen LogP contribution in [-0.4, -0.2) is 28.5 Å². The second-order valence-corrected chi connectivity index (χ2v) is 7.51. The van der Waals surface area contributed by atoms with Crippen molar-refractivity contribution in [3.05, 3.63) is 57.2 Å². The molecule has 0 aliphatic carbocycles. The maximum absolute atomic E-state index is 12.4. The smallest absolute Gasteiger partial charge is 0.340 e. The van der Waals surface area contributed by atoms with Crippen LogP contribution < -0.4 is 5.32 Å². The molecule has 28 heavy (non-hydrogen) atoms. The molecule has 1 aromatic carbocycles. The first-order valence-electron chi connectivity index (χ1n) is 9.06. The zero-order chi connectivity index (χ0) is 20.3. The molecule has 2 heterocycles. The van der Waals surface area contributed by atoms with Gasteiger partial charge < -0.3 is 15.0 Å². The summed E-state index contributed by atoms with van der Waals surface area (Å²) in [4.78, 5) is 32.5. The van der Waals surface area contributed by atoms with Gasteiger partial charge in [-0.05, 0) is 45.4 Å². The summed E-state index contributed by atoms with van der Waals surface area (Å²) >= 11 is 1.40. The number of aromatic nitrogens is 2. The molecule has 2 N–H and O–H groups in total. The fourth-order valence-corrected chi connectivity index (χ4v) is 3.92. The van der Waals surface area contributed by atoms with Crippen molar-refractivity contribution in [2.75, 3.05) is 11.9 Å². The van der Waals surface area contributed by atoms with Gasteiger partial charge in [-0.2, -0.15) is 0 Å². The van der Waals surface area contributed by atoms with E-state index in [0.717, 1.165) is 28.2 Å². The van der Waals surface area contributed by atoms with Gasteiger partial charge in [0.05, 0.1) is 24.3 Å². The summed E-state index contributed by atoms with van der Waals surface area (Å²) in [5, 5.41) is 5.45. The molecule has 0 spiro atoms. The van der Waals surface area contributed by atoms with E-state index in [9.17, 15) is 9.59 Å². The second-order valence-electron chi connectivity index (χ2n) is 6.57. The van der Waals surface area contributed by atoms with Crippen LogP contribution in [0.4, 0.5) is 5.69 Å². The highest BCUT2D eigenvalue weighted by Gasteiger charge is 2.23. The average Bonchev–Trinajstić information content (AvgIpc) is 3.18. The van der Waals surface area contributed by atoms with E-state index in [4.69, 9.17) is 4.74 Å². The largest absolute Gasteiger partial charge is 0.462 e. The van der Waals surface area contributed by atoms with Crippen molar-refractivity contribution >= 4 is 28.9 Å². The number of nitrogens with zero attached hydrogens (tertiary/aromatic N) is 1. The van der Waals surface area contributed by atoms with Gasteiger partial charge in [0, 0.05) is 28.0 Å². The number of amides is 1. The molecule has 0 bridgehead atoms. The summed E-state index contributed by atoms with van der Waals surface area (Å²) in [5.74, 6) is -0.495. The second kappa shape index (κ2) is 8.39. The van der Waals surface area contributed by atoms with Crippen molar-refractivity contribution in [2.24, 2.45) is 0 Å². The van der Waals surface area contributed by atoms with Crippen LogP contribution in [0.25, 0.3) is 11.3 Å². The number of H-pyrrole nitrogens is 1. The lowest BCUT2D eigenvalue weighted by atomic mass is 10.1. The van der Waals surface area contributed by atoms with Gasteiger partial charge in [-0.15, -0.1) is 11.3 Å². The number of esters is 1. The van der Waals surface area contributed by atoms with Crippen molar-refractivity contribution < 1.29 is 14.3 Å². The summed E-state index contributed by atoms with van der Waals surface area (Å²) in [7, 11) is 0. The molecular formula is C21H23N3O3S. The number of benzene rings is 1. The average molecular weight is 398 g/mol. The lowest BCUT2D eigenvalue weighted by Crippen LogP contribution is -2.14. The van der Waals surface area contributed by atoms with Crippen LogP contribution in [0.1, 0.15) is 39.2 Å². The van der Waals surface area contributed by atoms with Crippen LogP contribution >= 0.6 is 11.3 Å². The van der Waals surface area contributed by atoms with Crippen LogP contribution in [0.3, 0.4) is 0 Å². The van der Waals surface area contributed by atoms with Gasteiger partial charge in [-0.25, -0.2) is 9.78 Å². The van der Waals surface area contributed by atoms with Gasteiger partial charge in [-0.1, -0.05) is 12.1 Å². The number of hydrogen-bond donors (Lipinski definition) is 2. The number of carbonyl (C=O) groups is 2. The molecule has 2 aromatic heterocycles. The number of aromatic amines is 1. The molecule has 0 saturated heterocycles. The molecule has 3 aromatic rings. The van der Waals surface area contributed by atoms with Crippen molar-refractivity contribution in [3.63, 3.8) is 0 Å². The van der Waals surface area contributed by atoms with E-state index in [0.29, 0.717) is 22.9 Å². The van der Waals surface area contributed by atoms with Gasteiger partial charge in [0.25, 0.3) is 0 Å². The Balaban J connectivity index is 1.79. The van der Waals surface area contributed by atoms with Crippen molar-refractivity contribution in [1.82, 2.24) is 9.97 Å². The van der Waals surface area contributed by atoms with Crippen molar-refractivity contribution in [3.8, 4) is 11.3 Å². The minimum absolute atomic E-state index is 0.126. The summed E-state index contributed by atoms with van der Waals surface area (Å²) < 4.78 is 5.18. The van der Waals surface area contributed by atoms with Crippen LogP contribution in [0.2, 0.25) is 0 Å². The maximum atomic E-state index is 12.4. The van der Waals surface area contributed by atoms with Gasteiger partial charge >= 0.3 is 5.97 Å². The maximum Gasteiger partial charge on any atom is 0.340 e. The number of carbonyl (C=O) groups excluding carboxylic acids is 2. The number of ether oxygens (including phenoxy) is 1. The number of aryl methyl sites for hydroxylation is 3. The fraction of sp³-hybridized carbons (Fsp3) is 0.286. The molecule has 146 valence electrons. The Bertz CT molecular complexity index is 1020. The molecule has 0 radical (unpaired) electrons. The normalized spacial score (nSPS) is 10.7. The Morgan fingerprint density at radius 2 is 2.00 bits per heavy atom. The Morgan fingerprint density at radius 3 is 2.71 bits per heavy atom. The fourth-order valence-electron chi connectivity index (χ4n) is 3.13. The SMILES string of the molecule is CCOC(=O)c1c(C)[nH]c(C)c1-c1csc(CC(=O)Nc2cccc(C)c2)n1. The van der Waals surface area contributed by atoms with Gasteiger partial charge in [0.15, 0.2) is 0 Å². The Morgan fingerprint density at radius 1 is 1.21 bits per heavy atom. The predicted molar refractivity (Wildman–Crippen MR) is 111 cm³/mol. The Hall–Kier alpha value is -2.93. The summed E-state index contributed by atoms with van der Waals surface area (Å²) in [6, 6.07) is 7.66. The molecule has 0 saturated carbocycles. The molecule has 6 nitrogen and oxygen atoms in total. The van der Waals surface area contributed by atoms with Crippen molar-refractivity contribution in [2.45, 2.75) is 34.1 Å². The van der Waals surface area contributed by atoms with Crippen LogP contribution in [0.15, 0.2) is 29.6 Å². The van der Waals surface area contributed by atoms with E-state index >= 15 is 0 Å². The summed E-state index contributed by atoms with van der Waals surface area (Å²) in [6.45, 7) is 7.80. The van der Waals surface area contributed by atoms with Gasteiger partial charge in [0.1, 0.15) is 5.01 Å². The predicted octanol–water partition coefficient (Wildman–Crippen LogP) is 4.42. The third-order valence-electron chi connectivity index (χ3n) is 4.28. The molecule has 3 rings (SSSR count). The third kappa shape index (κ3) is 4.31. The minimum Gasteiger partial charge on any atom is -0.462 e. The monoisotopic (exact) mass is 397 g/mol. The topological polar surface area (TPSA) is 84.1 Å². The van der Waals surface area contributed by atoms with E-state index in [1.807, 2.05) is 50.4 Å². The van der Waals surface area contributed by atoms with E-state index < -0.39 is 0 Å². The molecule has 0 fully saturated rings. The van der Waals surface area contributed by atoms with E-state index in [-0.39, 0.29) is 18.3 Å². The van der Waals surface area contributed by atoms with Crippen LogP contribution in [0, 0.1) is 20.8 Å². The van der Waals surface area contributed by atoms with Gasteiger partial charge in [0.2, 0.25) is 5.91 Å². The highest BCUT2D eigenvalue weighted by Crippen LogP contribution is 2.31. The van der Waals surface area contributed by atoms with Crippen LogP contribution in [-0.2, 0) is 16.0 Å². The zero-order valence-corrected chi connectivity index (χ0v) is 17.2. The Labute approximate surface area is 168 Å². The summed E-state index contributed by atoms with van der Waals surface area (Å²) in [6.07, 6.45) is 0.176. The quantitative estimate of drug-likeness (QED) is 0.603. The Kier molecular flexibility index (Phi) is 5.94. The standard InChI is InChI=1S/C21H23N3O3S/c1-5-27-21(26)20-14(4)22-13(3)19(20)16-11-28-18(24-16)10-17(25)23-15-8-6-7-12(2)9-15/h6-9,11,22H,5,10H2,1-4H3,(H,23,25). The first-order valence-corrected chi connectivity index (χ1v) is 9.94. The molecule has 1 amide bonds. The lowest BCUT2D eigenvalue weighted by Gasteiger charge is -2.05. The zero-order valence-electron chi connectivity index (χ0n) is 16.4. The molecule has 0 unspecified atom stereocenters. The lowest BCUT2D eigenvalue weighted by molar-refractivity contribution is -0.115. The highest BCUT2D eigenvalue weighted by molar-refractivity contribution is 7.10. The molecule has 7 heteroatoms. The number of rotatable bonds is 6. The number of hydrogen-bond acceptors (Lipinski definition) is 5. The number of anilines is 1.